The summed E-state index contributed by atoms with van der Waals surface area (Å²) in [6.07, 6.45) is 1.81. The van der Waals surface area contributed by atoms with Gasteiger partial charge < -0.3 is 0 Å². The van der Waals surface area contributed by atoms with Crippen molar-refractivity contribution in [2.24, 2.45) is 0 Å². The minimum absolute atomic E-state index is 0.886. The zero-order valence-corrected chi connectivity index (χ0v) is 14.0. The van der Waals surface area contributed by atoms with Crippen LogP contribution in [0.25, 0.3) is 0 Å². The Morgan fingerprint density at radius 3 is 1.71 bits per heavy atom. The molecule has 0 bridgehead atoms. The van der Waals surface area contributed by atoms with E-state index >= 15 is 0 Å². The standard InChI is InChI=1S/C17H15N2PSe/c21-20(15-9-3-1-4-10-15,16-11-5-2-6-12-16)19-17-13-7-8-14-18-17/h1-14H,(H,18,19,21). The Labute approximate surface area is 132 Å². The molecule has 0 aliphatic heterocycles. The van der Waals surface area contributed by atoms with E-state index in [4.69, 9.17) is 0 Å². The zero-order chi connectivity index (χ0) is 14.5. The number of hydrogen-bond acceptors (Lipinski definition) is 2. The van der Waals surface area contributed by atoms with Gasteiger partial charge in [-0.2, -0.15) is 0 Å². The molecular weight excluding hydrogens is 342 g/mol. The molecule has 3 rings (SSSR count). The Morgan fingerprint density at radius 2 is 1.24 bits per heavy atom. The average molecular weight is 357 g/mol. The van der Waals surface area contributed by atoms with Crippen molar-refractivity contribution in [2.45, 2.75) is 0 Å². The summed E-state index contributed by atoms with van der Waals surface area (Å²) in [7, 11) is 0. The first-order valence-electron chi connectivity index (χ1n) is 6.70. The van der Waals surface area contributed by atoms with Gasteiger partial charge in [0.05, 0.1) is 0 Å². The molecule has 1 N–H and O–H groups in total. The number of anilines is 1. The van der Waals surface area contributed by atoms with Crippen LogP contribution < -0.4 is 15.7 Å². The molecule has 0 saturated carbocycles. The Bertz CT molecular complexity index is 702. The molecule has 0 amide bonds. The molecule has 0 unspecified atom stereocenters. The SMILES string of the molecule is [Se]=P(Nc1ccccn1)(c1ccccc1)c1ccccc1. The van der Waals surface area contributed by atoms with E-state index in [1.54, 1.807) is 0 Å². The predicted molar refractivity (Wildman–Crippen MR) is 92.7 cm³/mol. The first-order chi connectivity index (χ1) is 10.3. The van der Waals surface area contributed by atoms with Crippen molar-refractivity contribution < 1.29 is 0 Å². The second-order valence-corrected chi connectivity index (χ2v) is 10.5. The number of pyridine rings is 1. The van der Waals surface area contributed by atoms with Crippen LogP contribution in [-0.2, 0) is 0 Å². The van der Waals surface area contributed by atoms with E-state index in [0.29, 0.717) is 0 Å². The molecule has 21 heavy (non-hydrogen) atoms. The van der Waals surface area contributed by atoms with E-state index in [1.165, 1.54) is 10.6 Å². The molecule has 3 aromatic rings. The molecule has 104 valence electrons. The van der Waals surface area contributed by atoms with Crippen molar-refractivity contribution in [1.82, 2.24) is 4.98 Å². The average Bonchev–Trinajstić information content (AvgIpc) is 2.57. The number of nitrogens with zero attached hydrogens (tertiary/aromatic N) is 1. The summed E-state index contributed by atoms with van der Waals surface area (Å²) in [6.45, 7) is 0. The van der Waals surface area contributed by atoms with Crippen LogP contribution in [0.2, 0.25) is 0 Å². The minimum atomic E-state index is -1.83. The number of hydrogen-bond donors (Lipinski definition) is 1. The summed E-state index contributed by atoms with van der Waals surface area (Å²) >= 11 is 3.43. The summed E-state index contributed by atoms with van der Waals surface area (Å²) in [6, 6.07) is 26.9. The fourth-order valence-corrected chi connectivity index (χ4v) is 6.46. The molecule has 1 aromatic heterocycles. The van der Waals surface area contributed by atoms with Crippen LogP contribution in [0.15, 0.2) is 85.1 Å². The molecule has 0 fully saturated rings. The van der Waals surface area contributed by atoms with Gasteiger partial charge in [0.15, 0.2) is 0 Å². The molecule has 0 aliphatic carbocycles. The van der Waals surface area contributed by atoms with Crippen molar-refractivity contribution in [3.05, 3.63) is 85.1 Å². The Balaban J connectivity index is 2.10. The topological polar surface area (TPSA) is 24.9 Å². The summed E-state index contributed by atoms with van der Waals surface area (Å²) in [5.41, 5.74) is -1.83. The van der Waals surface area contributed by atoms with Crippen LogP contribution in [0, 0.1) is 0 Å². The third kappa shape index (κ3) is 3.16. The van der Waals surface area contributed by atoms with Crippen molar-refractivity contribution in [3.63, 3.8) is 0 Å². The molecule has 1 heterocycles. The Morgan fingerprint density at radius 1 is 0.714 bits per heavy atom. The molecule has 0 saturated heterocycles. The normalized spacial score (nSPS) is 11.0. The van der Waals surface area contributed by atoms with Gasteiger partial charge in [-0.3, -0.25) is 0 Å². The number of rotatable bonds is 4. The summed E-state index contributed by atoms with van der Waals surface area (Å²) in [5, 5.41) is 6.16. The van der Waals surface area contributed by atoms with E-state index in [0.717, 1.165) is 5.82 Å². The Hall–Kier alpha value is -1.66. The van der Waals surface area contributed by atoms with Gasteiger partial charge >= 0.3 is 132 Å². The molecule has 0 atom stereocenters. The van der Waals surface area contributed by atoms with E-state index in [2.05, 4.69) is 73.7 Å². The maximum absolute atomic E-state index is 4.41. The summed E-state index contributed by atoms with van der Waals surface area (Å²) < 4.78 is 0. The first-order valence-corrected chi connectivity index (χ1v) is 10.7. The first kappa shape index (κ1) is 14.3. The van der Waals surface area contributed by atoms with Crippen LogP contribution >= 0.6 is 5.66 Å². The van der Waals surface area contributed by atoms with Crippen LogP contribution in [0.3, 0.4) is 0 Å². The van der Waals surface area contributed by atoms with Crippen molar-refractivity contribution in [2.75, 3.05) is 5.09 Å². The van der Waals surface area contributed by atoms with Gasteiger partial charge in [-0.15, -0.1) is 0 Å². The summed E-state index contributed by atoms with van der Waals surface area (Å²) in [4.78, 5) is 4.41. The van der Waals surface area contributed by atoms with Crippen LogP contribution in [0.1, 0.15) is 0 Å². The summed E-state index contributed by atoms with van der Waals surface area (Å²) in [5.74, 6) is 0.886. The molecule has 4 heteroatoms. The van der Waals surface area contributed by atoms with Crippen LogP contribution in [-0.4, -0.2) is 20.1 Å². The monoisotopic (exact) mass is 358 g/mol. The van der Waals surface area contributed by atoms with Gasteiger partial charge in [0.25, 0.3) is 0 Å². The molecule has 0 aliphatic rings. The third-order valence-corrected chi connectivity index (χ3v) is 9.00. The van der Waals surface area contributed by atoms with Gasteiger partial charge in [0.1, 0.15) is 0 Å². The second-order valence-electron chi connectivity index (χ2n) is 4.61. The number of aromatic nitrogens is 1. The van der Waals surface area contributed by atoms with Gasteiger partial charge in [-0.25, -0.2) is 0 Å². The quantitative estimate of drug-likeness (QED) is 0.573. The van der Waals surface area contributed by atoms with Crippen molar-refractivity contribution >= 4 is 37.2 Å². The van der Waals surface area contributed by atoms with E-state index in [-0.39, 0.29) is 0 Å². The van der Waals surface area contributed by atoms with Crippen molar-refractivity contribution in [1.29, 1.82) is 0 Å². The van der Waals surface area contributed by atoms with Crippen molar-refractivity contribution in [3.8, 4) is 0 Å². The van der Waals surface area contributed by atoms with Crippen LogP contribution in [0.5, 0.6) is 0 Å². The van der Waals surface area contributed by atoms with Gasteiger partial charge in [0, 0.05) is 0 Å². The maximum atomic E-state index is 4.41. The second kappa shape index (κ2) is 6.41. The zero-order valence-electron chi connectivity index (χ0n) is 11.4. The molecule has 2 nitrogen and oxygen atoms in total. The van der Waals surface area contributed by atoms with Crippen LogP contribution in [0.4, 0.5) is 5.82 Å². The van der Waals surface area contributed by atoms with Gasteiger partial charge in [-0.1, -0.05) is 0 Å². The fourth-order valence-electron chi connectivity index (χ4n) is 2.14. The molecular formula is C17H15N2PSe. The van der Waals surface area contributed by atoms with E-state index in [1.807, 2.05) is 36.5 Å². The molecule has 0 radical (unpaired) electrons. The number of benzene rings is 2. The van der Waals surface area contributed by atoms with E-state index in [9.17, 15) is 0 Å². The fraction of sp³-hybridized carbons (Fsp3) is 0. The molecule has 0 spiro atoms. The molecule has 2 aromatic carbocycles. The third-order valence-electron chi connectivity index (χ3n) is 3.18. The van der Waals surface area contributed by atoms with Gasteiger partial charge in [0.2, 0.25) is 0 Å². The van der Waals surface area contributed by atoms with Gasteiger partial charge in [-0.05, 0) is 0 Å². The Kier molecular flexibility index (Phi) is 4.36. The van der Waals surface area contributed by atoms with E-state index < -0.39 is 5.66 Å². The predicted octanol–water partition coefficient (Wildman–Crippen LogP) is 3.16. The number of nitrogens with one attached hydrogen (secondary N) is 1.